The van der Waals surface area contributed by atoms with Gasteiger partial charge in [0.15, 0.2) is 0 Å². The first-order chi connectivity index (χ1) is 5.22. The minimum absolute atomic E-state index is 0.240. The summed E-state index contributed by atoms with van der Waals surface area (Å²) in [6, 6.07) is 0. The number of hydrogen-bond acceptors (Lipinski definition) is 3. The molecule has 0 aromatic rings. The zero-order chi connectivity index (χ0) is 8.27. The number of nitrogens with one attached hydrogen (secondary N) is 1. The van der Waals surface area contributed by atoms with E-state index in [0.717, 1.165) is 25.9 Å². The van der Waals surface area contributed by atoms with Gasteiger partial charge in [-0.2, -0.15) is 0 Å². The van der Waals surface area contributed by atoms with Crippen LogP contribution < -0.4 is 5.32 Å². The van der Waals surface area contributed by atoms with Crippen molar-refractivity contribution < 1.29 is 10.2 Å². The van der Waals surface area contributed by atoms with Crippen molar-refractivity contribution in [2.75, 3.05) is 13.1 Å². The second-order valence-electron chi connectivity index (χ2n) is 3.34. The molecule has 3 nitrogen and oxygen atoms in total. The van der Waals surface area contributed by atoms with Gasteiger partial charge in [0, 0.05) is 6.54 Å². The van der Waals surface area contributed by atoms with E-state index in [0.29, 0.717) is 0 Å². The lowest BCUT2D eigenvalue weighted by molar-refractivity contribution is -0.0135. The van der Waals surface area contributed by atoms with Gasteiger partial charge in [-0.15, -0.1) is 0 Å². The van der Waals surface area contributed by atoms with E-state index in [1.165, 1.54) is 0 Å². The monoisotopic (exact) mass is 159 g/mol. The van der Waals surface area contributed by atoms with Crippen molar-refractivity contribution in [2.24, 2.45) is 5.92 Å². The van der Waals surface area contributed by atoms with Crippen molar-refractivity contribution in [1.29, 1.82) is 0 Å². The summed E-state index contributed by atoms with van der Waals surface area (Å²) < 4.78 is 0. The quantitative estimate of drug-likeness (QED) is 0.520. The Morgan fingerprint density at radius 1 is 1.45 bits per heavy atom. The summed E-state index contributed by atoms with van der Waals surface area (Å²) in [5.41, 5.74) is 0. The summed E-state index contributed by atoms with van der Waals surface area (Å²) in [6.45, 7) is 3.52. The molecule has 1 heterocycles. The lowest BCUT2D eigenvalue weighted by Crippen LogP contribution is -2.41. The molecule has 3 N–H and O–H groups in total. The molecular formula is C8H17NO2. The maximum absolute atomic E-state index is 9.46. The van der Waals surface area contributed by atoms with Gasteiger partial charge in [-0.1, -0.05) is 0 Å². The van der Waals surface area contributed by atoms with Crippen LogP contribution >= 0.6 is 0 Å². The van der Waals surface area contributed by atoms with E-state index in [2.05, 4.69) is 5.32 Å². The second kappa shape index (κ2) is 4.04. The maximum Gasteiger partial charge on any atom is 0.0836 e. The molecule has 1 saturated heterocycles. The summed E-state index contributed by atoms with van der Waals surface area (Å²) in [7, 11) is 0. The molecule has 2 unspecified atom stereocenters. The van der Waals surface area contributed by atoms with Gasteiger partial charge in [0.1, 0.15) is 0 Å². The molecular weight excluding hydrogens is 142 g/mol. The van der Waals surface area contributed by atoms with Crippen molar-refractivity contribution in [1.82, 2.24) is 5.32 Å². The average Bonchev–Trinajstić information content (AvgIpc) is 2.05. The first-order valence-electron chi connectivity index (χ1n) is 4.28. The molecule has 0 radical (unpaired) electrons. The van der Waals surface area contributed by atoms with Crippen molar-refractivity contribution >= 4 is 0 Å². The highest BCUT2D eigenvalue weighted by molar-refractivity contribution is 4.78. The van der Waals surface area contributed by atoms with E-state index in [4.69, 9.17) is 5.11 Å². The van der Waals surface area contributed by atoms with Crippen LogP contribution in [0.25, 0.3) is 0 Å². The highest BCUT2D eigenvalue weighted by Gasteiger charge is 2.24. The number of aliphatic hydroxyl groups excluding tert-OH is 2. The third-order valence-corrected chi connectivity index (χ3v) is 2.31. The minimum Gasteiger partial charge on any atom is -0.391 e. The zero-order valence-corrected chi connectivity index (χ0v) is 6.95. The first kappa shape index (κ1) is 8.97. The van der Waals surface area contributed by atoms with E-state index >= 15 is 0 Å². The molecule has 0 bridgehead atoms. The van der Waals surface area contributed by atoms with Gasteiger partial charge in [-0.3, -0.25) is 0 Å². The third kappa shape index (κ3) is 2.43. The molecule has 0 aromatic heterocycles. The average molecular weight is 159 g/mol. The van der Waals surface area contributed by atoms with E-state index in [-0.39, 0.29) is 5.92 Å². The van der Waals surface area contributed by atoms with Gasteiger partial charge < -0.3 is 15.5 Å². The van der Waals surface area contributed by atoms with Crippen LogP contribution in [0.15, 0.2) is 0 Å². The number of rotatable bonds is 2. The van der Waals surface area contributed by atoms with Crippen LogP contribution in [0.5, 0.6) is 0 Å². The van der Waals surface area contributed by atoms with E-state index in [9.17, 15) is 5.11 Å². The number of piperidine rings is 1. The highest BCUT2D eigenvalue weighted by atomic mass is 16.3. The third-order valence-electron chi connectivity index (χ3n) is 2.31. The Kier molecular flexibility index (Phi) is 3.30. The topological polar surface area (TPSA) is 52.5 Å². The smallest absolute Gasteiger partial charge is 0.0836 e. The lowest BCUT2D eigenvalue weighted by atomic mass is 9.91. The lowest BCUT2D eigenvalue weighted by Gasteiger charge is -2.28. The Morgan fingerprint density at radius 3 is 2.64 bits per heavy atom. The van der Waals surface area contributed by atoms with Crippen molar-refractivity contribution in [3.05, 3.63) is 0 Å². The summed E-state index contributed by atoms with van der Waals surface area (Å²) in [5.74, 6) is 0.240. The van der Waals surface area contributed by atoms with Gasteiger partial charge in [0.25, 0.3) is 0 Å². The van der Waals surface area contributed by atoms with Crippen LogP contribution in [0.1, 0.15) is 19.8 Å². The van der Waals surface area contributed by atoms with Gasteiger partial charge in [0.2, 0.25) is 0 Å². The molecule has 1 aliphatic rings. The molecule has 3 heteroatoms. The van der Waals surface area contributed by atoms with Gasteiger partial charge in [0.05, 0.1) is 12.2 Å². The second-order valence-corrected chi connectivity index (χ2v) is 3.34. The highest BCUT2D eigenvalue weighted by Crippen LogP contribution is 2.16. The fraction of sp³-hybridized carbons (Fsp3) is 1.00. The van der Waals surface area contributed by atoms with Crippen LogP contribution in [0.4, 0.5) is 0 Å². The first-order valence-corrected chi connectivity index (χ1v) is 4.28. The van der Waals surface area contributed by atoms with Gasteiger partial charge in [-0.25, -0.2) is 0 Å². The maximum atomic E-state index is 9.46. The number of aliphatic hydroxyl groups is 2. The molecule has 11 heavy (non-hydrogen) atoms. The summed E-state index contributed by atoms with van der Waals surface area (Å²) in [4.78, 5) is 0. The SMILES string of the molecule is C[C@@H](O)C(O)C1CCCNC1. The minimum atomic E-state index is -0.597. The van der Waals surface area contributed by atoms with Crippen LogP contribution in [-0.2, 0) is 0 Å². The molecule has 1 fully saturated rings. The Labute approximate surface area is 67.4 Å². The molecule has 0 aromatic carbocycles. The Hall–Kier alpha value is -0.120. The van der Waals surface area contributed by atoms with E-state index < -0.39 is 12.2 Å². The van der Waals surface area contributed by atoms with Crippen LogP contribution in [0.3, 0.4) is 0 Å². The van der Waals surface area contributed by atoms with E-state index in [1.807, 2.05) is 0 Å². The van der Waals surface area contributed by atoms with E-state index in [1.54, 1.807) is 6.92 Å². The Bertz CT molecular complexity index is 111. The van der Waals surface area contributed by atoms with Crippen molar-refractivity contribution in [3.63, 3.8) is 0 Å². The number of hydrogen-bond donors (Lipinski definition) is 3. The molecule has 66 valence electrons. The fourth-order valence-corrected chi connectivity index (χ4v) is 1.56. The normalized spacial score (nSPS) is 31.4. The molecule has 0 aliphatic carbocycles. The van der Waals surface area contributed by atoms with Gasteiger partial charge >= 0.3 is 0 Å². The standard InChI is InChI=1S/C8H17NO2/c1-6(10)8(11)7-3-2-4-9-5-7/h6-11H,2-5H2,1H3/t6-,7?,8?/m1/s1. The Balaban J connectivity index is 2.32. The van der Waals surface area contributed by atoms with Crippen molar-refractivity contribution in [2.45, 2.75) is 32.0 Å². The molecule has 0 saturated carbocycles. The fourth-order valence-electron chi connectivity index (χ4n) is 1.56. The molecule has 1 rings (SSSR count). The zero-order valence-electron chi connectivity index (χ0n) is 6.95. The summed E-state index contributed by atoms with van der Waals surface area (Å²) in [5, 5.41) is 21.8. The molecule has 1 aliphatic heterocycles. The summed E-state index contributed by atoms with van der Waals surface area (Å²) >= 11 is 0. The molecule has 0 amide bonds. The largest absolute Gasteiger partial charge is 0.391 e. The molecule has 0 spiro atoms. The van der Waals surface area contributed by atoms with Crippen LogP contribution in [0.2, 0.25) is 0 Å². The summed E-state index contributed by atoms with van der Waals surface area (Å²) in [6.07, 6.45) is 0.982. The predicted octanol–water partition coefficient (Wildman–Crippen LogP) is -0.272. The Morgan fingerprint density at radius 2 is 2.18 bits per heavy atom. The molecule has 3 atom stereocenters. The van der Waals surface area contributed by atoms with Crippen LogP contribution in [-0.4, -0.2) is 35.5 Å². The van der Waals surface area contributed by atoms with Crippen molar-refractivity contribution in [3.8, 4) is 0 Å². The predicted molar refractivity (Wildman–Crippen MR) is 43.3 cm³/mol. The van der Waals surface area contributed by atoms with Crippen LogP contribution in [0, 0.1) is 5.92 Å². The van der Waals surface area contributed by atoms with Gasteiger partial charge in [-0.05, 0) is 32.2 Å².